The van der Waals surface area contributed by atoms with E-state index in [0.717, 1.165) is 5.56 Å². The van der Waals surface area contributed by atoms with E-state index in [1.165, 1.54) is 0 Å². The molecule has 0 aliphatic carbocycles. The van der Waals surface area contributed by atoms with Crippen LogP contribution in [0.5, 0.6) is 0 Å². The van der Waals surface area contributed by atoms with Crippen molar-refractivity contribution in [3.63, 3.8) is 0 Å². The second kappa shape index (κ2) is 6.74. The summed E-state index contributed by atoms with van der Waals surface area (Å²) < 4.78 is 0. The van der Waals surface area contributed by atoms with E-state index in [2.05, 4.69) is 0 Å². The molecule has 0 unspecified atom stereocenters. The minimum atomic E-state index is 0.153. The monoisotopic (exact) mass is 202 g/mol. The molecule has 1 aromatic carbocycles. The third-order valence-corrected chi connectivity index (χ3v) is 1.95. The van der Waals surface area contributed by atoms with Crippen LogP contribution in [0.4, 0.5) is 0 Å². The fourth-order valence-electron chi connectivity index (χ4n) is 1.17. The van der Waals surface area contributed by atoms with Crippen molar-refractivity contribution in [1.82, 2.24) is 0 Å². The molecule has 0 amide bonds. The van der Waals surface area contributed by atoms with Crippen molar-refractivity contribution in [3.05, 3.63) is 60.3 Å². The predicted molar refractivity (Wildman–Crippen MR) is 61.5 cm³/mol. The Hall–Kier alpha value is -1.67. The second-order valence-electron chi connectivity index (χ2n) is 3.14. The Kier molecular flexibility index (Phi) is 5.12. The molecule has 0 atom stereocenters. The van der Waals surface area contributed by atoms with Crippen LogP contribution in [0, 0.1) is 0 Å². The lowest BCUT2D eigenvalue weighted by Gasteiger charge is -1.96. The number of carbonyl (C=O) groups is 1. The topological polar surface area (TPSA) is 33.7 Å². The lowest BCUT2D eigenvalue weighted by atomic mass is 10.1. The minimum Gasteiger partial charge on any atom is -0.314 e. The first-order valence-electron chi connectivity index (χ1n) is 5.04. The first-order chi connectivity index (χ1) is 7.34. The SMILES string of the molecule is C/C=C\C=C/[NH2+]CC(=O)c1ccccc1. The molecule has 0 bridgehead atoms. The first-order valence-corrected chi connectivity index (χ1v) is 5.04. The van der Waals surface area contributed by atoms with Crippen LogP contribution >= 0.6 is 0 Å². The molecule has 0 radical (unpaired) electrons. The van der Waals surface area contributed by atoms with Crippen LogP contribution < -0.4 is 5.32 Å². The maximum absolute atomic E-state index is 11.6. The Morgan fingerprint density at radius 3 is 2.67 bits per heavy atom. The average molecular weight is 202 g/mol. The Morgan fingerprint density at radius 2 is 2.00 bits per heavy atom. The van der Waals surface area contributed by atoms with Crippen LogP contribution in [-0.4, -0.2) is 12.3 Å². The van der Waals surface area contributed by atoms with Crippen LogP contribution in [0.15, 0.2) is 54.8 Å². The standard InChI is InChI=1S/C13H15NO/c1-2-3-7-10-14-11-13(15)12-8-5-4-6-9-12/h2-10,14H,11H2,1H3/p+1/b3-2-,10-7-. The molecule has 2 heteroatoms. The van der Waals surface area contributed by atoms with E-state index >= 15 is 0 Å². The third-order valence-electron chi connectivity index (χ3n) is 1.95. The van der Waals surface area contributed by atoms with Gasteiger partial charge in [-0.1, -0.05) is 42.5 Å². The number of benzene rings is 1. The van der Waals surface area contributed by atoms with Gasteiger partial charge in [0.1, 0.15) is 6.54 Å². The highest BCUT2D eigenvalue weighted by Gasteiger charge is 2.04. The number of nitrogens with two attached hydrogens (primary N) is 1. The molecule has 1 rings (SSSR count). The summed E-state index contributed by atoms with van der Waals surface area (Å²) in [6.07, 6.45) is 7.69. The lowest BCUT2D eigenvalue weighted by molar-refractivity contribution is -0.574. The van der Waals surface area contributed by atoms with E-state index < -0.39 is 0 Å². The highest BCUT2D eigenvalue weighted by atomic mass is 16.1. The molecule has 0 spiro atoms. The van der Waals surface area contributed by atoms with Crippen molar-refractivity contribution in [1.29, 1.82) is 0 Å². The maximum atomic E-state index is 11.6. The number of hydrogen-bond acceptors (Lipinski definition) is 1. The normalized spacial score (nSPS) is 11.3. The van der Waals surface area contributed by atoms with Crippen molar-refractivity contribution in [2.45, 2.75) is 6.92 Å². The summed E-state index contributed by atoms with van der Waals surface area (Å²) in [6, 6.07) is 9.34. The molecular formula is C13H16NO+. The van der Waals surface area contributed by atoms with Crippen LogP contribution in [0.1, 0.15) is 17.3 Å². The molecule has 0 heterocycles. The number of hydrogen-bond donors (Lipinski definition) is 1. The van der Waals surface area contributed by atoms with Gasteiger partial charge in [-0.3, -0.25) is 4.79 Å². The summed E-state index contributed by atoms with van der Waals surface area (Å²) in [5.41, 5.74) is 0.771. The van der Waals surface area contributed by atoms with Gasteiger partial charge in [-0.15, -0.1) is 0 Å². The molecule has 0 aliphatic rings. The van der Waals surface area contributed by atoms with E-state index in [4.69, 9.17) is 0 Å². The molecule has 0 saturated carbocycles. The van der Waals surface area contributed by atoms with Crippen LogP contribution in [0.2, 0.25) is 0 Å². The minimum absolute atomic E-state index is 0.153. The first kappa shape index (κ1) is 11.4. The van der Waals surface area contributed by atoms with E-state index in [1.54, 1.807) is 0 Å². The summed E-state index contributed by atoms with van der Waals surface area (Å²) in [5.74, 6) is 0.153. The zero-order valence-corrected chi connectivity index (χ0v) is 8.89. The number of quaternary nitrogens is 1. The van der Waals surface area contributed by atoms with Gasteiger partial charge in [0.2, 0.25) is 5.78 Å². The number of Topliss-reactive ketones (excluding diaryl/α,β-unsaturated/α-hetero) is 1. The van der Waals surface area contributed by atoms with E-state index in [-0.39, 0.29) is 5.78 Å². The van der Waals surface area contributed by atoms with Gasteiger partial charge in [-0.2, -0.15) is 0 Å². The van der Waals surface area contributed by atoms with Gasteiger partial charge in [-0.05, 0) is 13.0 Å². The number of ketones is 1. The second-order valence-corrected chi connectivity index (χ2v) is 3.14. The highest BCUT2D eigenvalue weighted by molar-refractivity contribution is 5.96. The van der Waals surface area contributed by atoms with Crippen molar-refractivity contribution in [2.24, 2.45) is 0 Å². The van der Waals surface area contributed by atoms with Crippen molar-refractivity contribution in [2.75, 3.05) is 6.54 Å². The number of carbonyl (C=O) groups excluding carboxylic acids is 1. The van der Waals surface area contributed by atoms with Gasteiger partial charge < -0.3 is 5.32 Å². The Labute approximate surface area is 90.3 Å². The fourth-order valence-corrected chi connectivity index (χ4v) is 1.17. The Morgan fingerprint density at radius 1 is 1.27 bits per heavy atom. The smallest absolute Gasteiger partial charge is 0.217 e. The molecule has 2 nitrogen and oxygen atoms in total. The Balaban J connectivity index is 2.37. The van der Waals surface area contributed by atoms with Gasteiger partial charge in [-0.25, -0.2) is 0 Å². The zero-order chi connectivity index (χ0) is 10.9. The molecule has 78 valence electrons. The quantitative estimate of drug-likeness (QED) is 0.570. The Bertz CT molecular complexity index is 352. The number of allylic oxidation sites excluding steroid dienone is 3. The maximum Gasteiger partial charge on any atom is 0.217 e. The molecule has 0 aliphatic heterocycles. The van der Waals surface area contributed by atoms with Crippen molar-refractivity contribution >= 4 is 5.78 Å². The largest absolute Gasteiger partial charge is 0.314 e. The summed E-state index contributed by atoms with van der Waals surface area (Å²) in [5, 5.41) is 1.87. The third kappa shape index (κ3) is 4.38. The molecular weight excluding hydrogens is 186 g/mol. The van der Waals surface area contributed by atoms with Crippen molar-refractivity contribution < 1.29 is 10.1 Å². The number of rotatable bonds is 5. The molecule has 0 saturated heterocycles. The van der Waals surface area contributed by atoms with E-state index in [9.17, 15) is 4.79 Å². The van der Waals surface area contributed by atoms with Crippen LogP contribution in [0.25, 0.3) is 0 Å². The van der Waals surface area contributed by atoms with Gasteiger partial charge in [0, 0.05) is 5.56 Å². The van der Waals surface area contributed by atoms with E-state index in [1.807, 2.05) is 67.0 Å². The molecule has 0 fully saturated rings. The summed E-state index contributed by atoms with van der Waals surface area (Å²) >= 11 is 0. The highest BCUT2D eigenvalue weighted by Crippen LogP contribution is 1.97. The van der Waals surface area contributed by atoms with Crippen LogP contribution in [-0.2, 0) is 0 Å². The van der Waals surface area contributed by atoms with Crippen molar-refractivity contribution in [3.8, 4) is 0 Å². The van der Waals surface area contributed by atoms with Gasteiger partial charge in [0.05, 0.1) is 6.20 Å². The summed E-state index contributed by atoms with van der Waals surface area (Å²) in [6.45, 7) is 2.41. The molecule has 2 N–H and O–H groups in total. The summed E-state index contributed by atoms with van der Waals surface area (Å²) in [4.78, 5) is 11.6. The average Bonchev–Trinajstić information content (AvgIpc) is 2.30. The van der Waals surface area contributed by atoms with E-state index in [0.29, 0.717) is 6.54 Å². The molecule has 1 aromatic rings. The van der Waals surface area contributed by atoms with Crippen LogP contribution in [0.3, 0.4) is 0 Å². The molecule has 0 aromatic heterocycles. The summed E-state index contributed by atoms with van der Waals surface area (Å²) in [7, 11) is 0. The zero-order valence-electron chi connectivity index (χ0n) is 8.89. The van der Waals surface area contributed by atoms with Gasteiger partial charge >= 0.3 is 0 Å². The van der Waals surface area contributed by atoms with Gasteiger partial charge in [0.25, 0.3) is 0 Å². The lowest BCUT2D eigenvalue weighted by Crippen LogP contribution is -2.79. The fraction of sp³-hybridized carbons (Fsp3) is 0.154. The molecule has 15 heavy (non-hydrogen) atoms. The van der Waals surface area contributed by atoms with Gasteiger partial charge in [0.15, 0.2) is 0 Å². The predicted octanol–water partition coefficient (Wildman–Crippen LogP) is 1.52.